The monoisotopic (exact) mass is 837 g/mol. The minimum Gasteiger partial charge on any atom is -0.363 e. The van der Waals surface area contributed by atoms with E-state index in [1.54, 1.807) is 21.9 Å². The summed E-state index contributed by atoms with van der Waals surface area (Å²) in [4.78, 5) is 60.3. The molecule has 4 N–H and O–H groups in total. The van der Waals surface area contributed by atoms with Crippen LogP contribution in [0.2, 0.25) is 0 Å². The van der Waals surface area contributed by atoms with Crippen molar-refractivity contribution in [3.8, 4) is 0 Å². The number of halogens is 1. The highest BCUT2D eigenvalue weighted by Gasteiger charge is 2.39. The van der Waals surface area contributed by atoms with Gasteiger partial charge in [0.1, 0.15) is 30.0 Å². The summed E-state index contributed by atoms with van der Waals surface area (Å²) in [6.45, 7) is 7.20. The topological polar surface area (TPSA) is 126 Å². The highest BCUT2D eigenvalue weighted by molar-refractivity contribution is 5.99. The third-order valence-corrected chi connectivity index (χ3v) is 11.6. The highest BCUT2D eigenvalue weighted by atomic mass is 19.1. The average molecular weight is 838 g/mol. The molecule has 322 valence electrons. The summed E-state index contributed by atoms with van der Waals surface area (Å²) in [6.07, 6.45) is 2.69. The lowest BCUT2D eigenvalue weighted by Gasteiger charge is -2.29. The fraction of sp³-hybridized carbons (Fsp3) is 0.320. The first kappa shape index (κ1) is 43.7. The molecule has 12 heteroatoms. The second-order valence-corrected chi connectivity index (χ2v) is 15.9. The van der Waals surface area contributed by atoms with Crippen LogP contribution >= 0.6 is 0 Å². The first-order valence-electron chi connectivity index (χ1n) is 21.7. The number of anilines is 3. The van der Waals surface area contributed by atoms with Crippen molar-refractivity contribution < 1.29 is 23.6 Å². The van der Waals surface area contributed by atoms with Gasteiger partial charge in [0.25, 0.3) is 0 Å². The fourth-order valence-electron chi connectivity index (χ4n) is 8.50. The number of nitrogens with zero attached hydrogens (tertiary/aromatic N) is 3. The summed E-state index contributed by atoms with van der Waals surface area (Å²) in [5.74, 6) is -0.960. The molecule has 2 heterocycles. The number of likely N-dealkylation sites (N-methyl/N-ethyl adjacent to an activating group) is 2. The van der Waals surface area contributed by atoms with Gasteiger partial charge < -0.3 is 36.0 Å². The van der Waals surface area contributed by atoms with E-state index in [4.69, 9.17) is 0 Å². The molecule has 0 saturated carbocycles. The Hall–Kier alpha value is -6.37. The molecule has 5 aromatic rings. The number of rotatable bonds is 17. The Balaban J connectivity index is 0.978. The molecule has 2 aliphatic heterocycles. The molecule has 0 unspecified atom stereocenters. The Kier molecular flexibility index (Phi) is 14.8. The van der Waals surface area contributed by atoms with E-state index in [9.17, 15) is 23.6 Å². The second kappa shape index (κ2) is 20.9. The van der Waals surface area contributed by atoms with Crippen LogP contribution < -0.4 is 26.2 Å². The number of nitrogens with one attached hydrogen (secondary N) is 4. The number of carbonyl (C=O) groups excluding carboxylic acids is 4. The summed E-state index contributed by atoms with van der Waals surface area (Å²) in [6, 6.07) is 38.7. The fourth-order valence-corrected chi connectivity index (χ4v) is 8.50. The molecule has 5 aromatic carbocycles. The maximum atomic E-state index is 14.0. The molecule has 0 bridgehead atoms. The maximum absolute atomic E-state index is 14.0. The van der Waals surface area contributed by atoms with E-state index in [-0.39, 0.29) is 29.4 Å². The van der Waals surface area contributed by atoms with Crippen molar-refractivity contribution in [3.05, 3.63) is 162 Å². The molecule has 62 heavy (non-hydrogen) atoms. The molecule has 2 aliphatic rings. The normalized spacial score (nSPS) is 17.0. The van der Waals surface area contributed by atoms with Crippen molar-refractivity contribution in [1.29, 1.82) is 0 Å². The van der Waals surface area contributed by atoms with E-state index in [0.29, 0.717) is 63.5 Å². The van der Waals surface area contributed by atoms with Gasteiger partial charge in [-0.25, -0.2) is 4.39 Å². The third-order valence-electron chi connectivity index (χ3n) is 11.6. The summed E-state index contributed by atoms with van der Waals surface area (Å²) >= 11 is 0. The number of hydrogen-bond acceptors (Lipinski definition) is 7. The van der Waals surface area contributed by atoms with Crippen LogP contribution in [0.25, 0.3) is 0 Å². The maximum Gasteiger partial charge on any atom is 0.247 e. The lowest BCUT2D eigenvalue weighted by molar-refractivity contribution is -0.138. The van der Waals surface area contributed by atoms with Gasteiger partial charge in [0, 0.05) is 43.2 Å². The third kappa shape index (κ3) is 10.7. The van der Waals surface area contributed by atoms with Crippen molar-refractivity contribution in [2.45, 2.75) is 76.8 Å². The Morgan fingerprint density at radius 3 is 1.37 bits per heavy atom. The highest BCUT2D eigenvalue weighted by Crippen LogP contribution is 2.28. The van der Waals surface area contributed by atoms with Crippen molar-refractivity contribution in [2.24, 2.45) is 0 Å². The predicted octanol–water partition coefficient (Wildman–Crippen LogP) is 7.59. The van der Waals surface area contributed by atoms with Crippen molar-refractivity contribution >= 4 is 40.7 Å². The summed E-state index contributed by atoms with van der Waals surface area (Å²) in [7, 11) is 0. The van der Waals surface area contributed by atoms with Gasteiger partial charge in [-0.2, -0.15) is 0 Å². The smallest absolute Gasteiger partial charge is 0.247 e. The first-order chi connectivity index (χ1) is 30.2. The zero-order chi connectivity index (χ0) is 43.4. The van der Waals surface area contributed by atoms with Crippen LogP contribution in [0.1, 0.15) is 73.9 Å². The van der Waals surface area contributed by atoms with Gasteiger partial charge in [0.15, 0.2) is 0 Å². The minimum absolute atomic E-state index is 0.104. The molecule has 4 amide bonds. The van der Waals surface area contributed by atoms with Crippen LogP contribution in [0.3, 0.4) is 0 Å². The van der Waals surface area contributed by atoms with Crippen LogP contribution in [0, 0.1) is 5.82 Å². The van der Waals surface area contributed by atoms with E-state index < -0.39 is 24.2 Å². The van der Waals surface area contributed by atoms with Crippen molar-refractivity contribution in [3.63, 3.8) is 0 Å². The van der Waals surface area contributed by atoms with Gasteiger partial charge in [-0.1, -0.05) is 98.8 Å². The van der Waals surface area contributed by atoms with Gasteiger partial charge in [-0.05, 0) is 110 Å². The molecule has 0 spiro atoms. The number of amides is 4. The average Bonchev–Trinajstić information content (AvgIpc) is 4.01. The van der Waals surface area contributed by atoms with Crippen molar-refractivity contribution in [1.82, 2.24) is 20.4 Å². The van der Waals surface area contributed by atoms with Gasteiger partial charge in [0.2, 0.25) is 23.6 Å². The van der Waals surface area contributed by atoms with Crippen LogP contribution in [0.5, 0.6) is 0 Å². The summed E-state index contributed by atoms with van der Waals surface area (Å²) < 4.78 is 14.0. The zero-order valence-corrected chi connectivity index (χ0v) is 35.4. The molecule has 2 fully saturated rings. The van der Waals surface area contributed by atoms with E-state index in [1.165, 1.54) is 12.1 Å². The molecular formula is C50H56FN7O4. The standard InChI is InChI=1S/C50H56FN7O4/c1-3-52-45(37-13-7-5-8-14-37)49(61)57-31-11-17-43(57)47(59)54-40-25-19-35(20-26-40)33-56(42-29-23-39(51)24-30-42)34-36-21-27-41(28-22-36)55-48(60)44-18-12-32-58(44)50(62)46(53-4-2)38-15-9-6-10-16-38/h5-10,13-16,19-30,43-46,52-53H,3-4,11-12,17-18,31-34H2,1-2H3,(H,54,59)(H,55,60)/t43-,44-,45+,46+/m0/s1. The zero-order valence-electron chi connectivity index (χ0n) is 35.4. The second-order valence-electron chi connectivity index (χ2n) is 15.9. The van der Waals surface area contributed by atoms with Crippen molar-refractivity contribution in [2.75, 3.05) is 41.7 Å². The van der Waals surface area contributed by atoms with Gasteiger partial charge in [-0.15, -0.1) is 0 Å². The van der Waals surface area contributed by atoms with E-state index in [1.807, 2.05) is 123 Å². The summed E-state index contributed by atoms with van der Waals surface area (Å²) in [5.41, 5.74) is 5.79. The van der Waals surface area contributed by atoms with Crippen LogP contribution in [0.4, 0.5) is 21.5 Å². The quantitative estimate of drug-likeness (QED) is 0.0761. The minimum atomic E-state index is -0.567. The molecule has 7 rings (SSSR count). The first-order valence-corrected chi connectivity index (χ1v) is 21.7. The summed E-state index contributed by atoms with van der Waals surface area (Å²) in [5, 5.41) is 12.7. The molecule has 4 atom stereocenters. The van der Waals surface area contributed by atoms with E-state index in [0.717, 1.165) is 40.8 Å². The molecule has 0 radical (unpaired) electrons. The molecule has 2 saturated heterocycles. The SMILES string of the molecule is CCN[C@@H](C(=O)N1CCC[C@H]1C(=O)Nc1ccc(CN(Cc2ccc(NC(=O)[C@@H]3CCCN3C(=O)[C@H](NCC)c3ccccc3)cc2)c2ccc(F)cc2)cc1)c1ccccc1. The largest absolute Gasteiger partial charge is 0.363 e. The molecule has 11 nitrogen and oxygen atoms in total. The number of benzene rings is 5. The lowest BCUT2D eigenvalue weighted by atomic mass is 10.0. The molecule has 0 aromatic heterocycles. The van der Waals surface area contributed by atoms with Gasteiger partial charge in [-0.3, -0.25) is 19.2 Å². The lowest BCUT2D eigenvalue weighted by Crippen LogP contribution is -2.47. The van der Waals surface area contributed by atoms with E-state index >= 15 is 0 Å². The van der Waals surface area contributed by atoms with Crippen LogP contribution in [-0.4, -0.2) is 71.7 Å². The number of likely N-dealkylation sites (tertiary alicyclic amines) is 2. The Morgan fingerprint density at radius 1 is 0.581 bits per heavy atom. The Labute approximate surface area is 363 Å². The Bertz CT molecular complexity index is 2120. The molecule has 0 aliphatic carbocycles. The number of carbonyl (C=O) groups is 4. The van der Waals surface area contributed by atoms with Crippen LogP contribution in [0.15, 0.2) is 133 Å². The van der Waals surface area contributed by atoms with Crippen LogP contribution in [-0.2, 0) is 32.3 Å². The Morgan fingerprint density at radius 2 is 0.984 bits per heavy atom. The van der Waals surface area contributed by atoms with Gasteiger partial charge in [0.05, 0.1) is 0 Å². The van der Waals surface area contributed by atoms with E-state index in [2.05, 4.69) is 26.2 Å². The number of hydrogen-bond donors (Lipinski definition) is 4. The predicted molar refractivity (Wildman–Crippen MR) is 242 cm³/mol. The molecular weight excluding hydrogens is 782 g/mol. The van der Waals surface area contributed by atoms with Gasteiger partial charge >= 0.3 is 0 Å².